The number of nitrogens with one attached hydrogen (secondary N) is 1. The highest BCUT2D eigenvalue weighted by Gasteiger charge is 2.33. The molecule has 2 nitrogen and oxygen atoms in total. The van der Waals surface area contributed by atoms with Crippen molar-refractivity contribution in [1.29, 1.82) is 0 Å². The molecule has 0 amide bonds. The Morgan fingerprint density at radius 3 is 2.71 bits per heavy atom. The van der Waals surface area contributed by atoms with Crippen LogP contribution in [0.5, 0.6) is 0 Å². The van der Waals surface area contributed by atoms with Gasteiger partial charge in [0.15, 0.2) is 0 Å². The van der Waals surface area contributed by atoms with Gasteiger partial charge in [-0.25, -0.2) is 0 Å². The molecule has 2 N–H and O–H groups in total. The van der Waals surface area contributed by atoms with Crippen LogP contribution in [-0.2, 0) is 0 Å². The molecular formula is C12H23NO. The number of aliphatic hydroxyl groups is 1. The molecular weight excluding hydrogens is 174 g/mol. The first-order valence-corrected chi connectivity index (χ1v) is 6.19. The number of hydrogen-bond donors (Lipinski definition) is 2. The van der Waals surface area contributed by atoms with Gasteiger partial charge in [-0.3, -0.25) is 0 Å². The third-order valence-electron chi connectivity index (χ3n) is 3.99. The molecule has 2 rings (SSSR count). The largest absolute Gasteiger partial charge is 0.393 e. The lowest BCUT2D eigenvalue weighted by atomic mass is 9.75. The minimum atomic E-state index is -0.0400. The Kier molecular flexibility index (Phi) is 3.45. The molecule has 1 aliphatic heterocycles. The van der Waals surface area contributed by atoms with E-state index in [1.54, 1.807) is 0 Å². The lowest BCUT2D eigenvalue weighted by Crippen LogP contribution is -2.46. The molecule has 0 spiro atoms. The van der Waals surface area contributed by atoms with Crippen LogP contribution in [-0.4, -0.2) is 23.8 Å². The van der Waals surface area contributed by atoms with Crippen molar-refractivity contribution in [2.75, 3.05) is 6.54 Å². The van der Waals surface area contributed by atoms with Crippen LogP contribution >= 0.6 is 0 Å². The number of hydrogen-bond acceptors (Lipinski definition) is 2. The Morgan fingerprint density at radius 2 is 2.00 bits per heavy atom. The molecule has 2 fully saturated rings. The molecule has 0 aromatic heterocycles. The first kappa shape index (κ1) is 10.4. The van der Waals surface area contributed by atoms with E-state index in [0.717, 1.165) is 18.9 Å². The highest BCUT2D eigenvalue weighted by molar-refractivity contribution is 4.88. The molecule has 1 aliphatic carbocycles. The van der Waals surface area contributed by atoms with Gasteiger partial charge in [-0.1, -0.05) is 13.3 Å². The maximum atomic E-state index is 10.00. The summed E-state index contributed by atoms with van der Waals surface area (Å²) in [6.45, 7) is 3.48. The molecule has 0 bridgehead atoms. The van der Waals surface area contributed by atoms with Crippen LogP contribution in [0.25, 0.3) is 0 Å². The third-order valence-corrected chi connectivity index (χ3v) is 3.99. The predicted octanol–water partition coefficient (Wildman–Crippen LogP) is 1.93. The molecule has 0 radical (unpaired) electrons. The number of piperidine rings is 1. The van der Waals surface area contributed by atoms with Gasteiger partial charge in [0, 0.05) is 12.0 Å². The van der Waals surface area contributed by atoms with Crippen molar-refractivity contribution in [2.45, 2.75) is 57.6 Å². The standard InChI is InChI=1S/C12H23NO/c1-9-5-6-12(14)10(8-9)11-4-2-3-7-13-11/h9-14H,2-8H2,1H3/t9-,10-,11-,12+/m0/s1. The zero-order valence-electron chi connectivity index (χ0n) is 9.21. The fourth-order valence-electron chi connectivity index (χ4n) is 3.09. The van der Waals surface area contributed by atoms with Crippen LogP contribution in [0.3, 0.4) is 0 Å². The van der Waals surface area contributed by atoms with Crippen LogP contribution in [0.1, 0.15) is 45.4 Å². The van der Waals surface area contributed by atoms with Gasteiger partial charge in [0.25, 0.3) is 0 Å². The third kappa shape index (κ3) is 2.29. The van der Waals surface area contributed by atoms with E-state index in [2.05, 4.69) is 12.2 Å². The quantitative estimate of drug-likeness (QED) is 0.673. The molecule has 4 atom stereocenters. The van der Waals surface area contributed by atoms with Gasteiger partial charge in [-0.2, -0.15) is 0 Å². The smallest absolute Gasteiger partial charge is 0.0583 e. The average Bonchev–Trinajstić information content (AvgIpc) is 2.23. The summed E-state index contributed by atoms with van der Waals surface area (Å²) >= 11 is 0. The normalized spacial score (nSPS) is 45.0. The second-order valence-corrected chi connectivity index (χ2v) is 5.21. The zero-order valence-corrected chi connectivity index (χ0v) is 9.21. The molecule has 1 saturated heterocycles. The van der Waals surface area contributed by atoms with Crippen molar-refractivity contribution in [3.8, 4) is 0 Å². The summed E-state index contributed by atoms with van der Waals surface area (Å²) in [5.74, 6) is 1.34. The van der Waals surface area contributed by atoms with E-state index in [0.29, 0.717) is 12.0 Å². The van der Waals surface area contributed by atoms with E-state index < -0.39 is 0 Å². The Balaban J connectivity index is 1.92. The lowest BCUT2D eigenvalue weighted by molar-refractivity contribution is 0.0257. The second kappa shape index (κ2) is 4.63. The molecule has 0 aromatic carbocycles. The van der Waals surface area contributed by atoms with Crippen molar-refractivity contribution in [3.05, 3.63) is 0 Å². The molecule has 2 heteroatoms. The minimum absolute atomic E-state index is 0.0400. The number of rotatable bonds is 1. The summed E-state index contributed by atoms with van der Waals surface area (Å²) in [5.41, 5.74) is 0. The highest BCUT2D eigenvalue weighted by Crippen LogP contribution is 2.33. The van der Waals surface area contributed by atoms with Gasteiger partial charge in [0.05, 0.1) is 6.10 Å². The minimum Gasteiger partial charge on any atom is -0.393 e. The van der Waals surface area contributed by atoms with Gasteiger partial charge >= 0.3 is 0 Å². The molecule has 0 unspecified atom stereocenters. The summed E-state index contributed by atoms with van der Waals surface area (Å²) in [6.07, 6.45) is 7.34. The summed E-state index contributed by atoms with van der Waals surface area (Å²) < 4.78 is 0. The van der Waals surface area contributed by atoms with Gasteiger partial charge in [-0.05, 0) is 44.6 Å². The molecule has 0 aromatic rings. The first-order valence-electron chi connectivity index (χ1n) is 6.19. The Bertz CT molecular complexity index is 177. The first-order chi connectivity index (χ1) is 6.77. The highest BCUT2D eigenvalue weighted by atomic mass is 16.3. The van der Waals surface area contributed by atoms with Crippen molar-refractivity contribution in [1.82, 2.24) is 5.32 Å². The van der Waals surface area contributed by atoms with E-state index >= 15 is 0 Å². The van der Waals surface area contributed by atoms with Gasteiger partial charge in [-0.15, -0.1) is 0 Å². The van der Waals surface area contributed by atoms with Crippen molar-refractivity contribution in [3.63, 3.8) is 0 Å². The van der Waals surface area contributed by atoms with Crippen molar-refractivity contribution in [2.24, 2.45) is 11.8 Å². The zero-order chi connectivity index (χ0) is 9.97. The van der Waals surface area contributed by atoms with E-state index in [-0.39, 0.29) is 6.10 Å². The van der Waals surface area contributed by atoms with E-state index in [1.807, 2.05) is 0 Å². The van der Waals surface area contributed by atoms with Crippen LogP contribution in [0.15, 0.2) is 0 Å². The topological polar surface area (TPSA) is 32.3 Å². The lowest BCUT2D eigenvalue weighted by Gasteiger charge is -2.39. The molecule has 1 saturated carbocycles. The van der Waals surface area contributed by atoms with Gasteiger partial charge in [0.1, 0.15) is 0 Å². The summed E-state index contributed by atoms with van der Waals surface area (Å²) in [7, 11) is 0. The van der Waals surface area contributed by atoms with Crippen LogP contribution in [0, 0.1) is 11.8 Å². The van der Waals surface area contributed by atoms with Crippen molar-refractivity contribution >= 4 is 0 Å². The predicted molar refractivity (Wildman–Crippen MR) is 58.2 cm³/mol. The number of aliphatic hydroxyl groups excluding tert-OH is 1. The fourth-order valence-corrected chi connectivity index (χ4v) is 3.09. The van der Waals surface area contributed by atoms with Crippen LogP contribution in [0.2, 0.25) is 0 Å². The average molecular weight is 197 g/mol. The molecule has 2 aliphatic rings. The summed E-state index contributed by atoms with van der Waals surface area (Å²) in [6, 6.07) is 0.599. The summed E-state index contributed by atoms with van der Waals surface area (Å²) in [5, 5.41) is 13.6. The SMILES string of the molecule is C[C@H]1CC[C@@H](O)[C@H]([C@@H]2CCCCN2)C1. The Labute approximate surface area is 87.1 Å². The van der Waals surface area contributed by atoms with Crippen molar-refractivity contribution < 1.29 is 5.11 Å². The van der Waals surface area contributed by atoms with E-state index in [1.165, 1.54) is 32.1 Å². The Hall–Kier alpha value is -0.0800. The summed E-state index contributed by atoms with van der Waals surface area (Å²) in [4.78, 5) is 0. The molecule has 82 valence electrons. The van der Waals surface area contributed by atoms with E-state index in [4.69, 9.17) is 0 Å². The monoisotopic (exact) mass is 197 g/mol. The fraction of sp³-hybridized carbons (Fsp3) is 1.00. The van der Waals surface area contributed by atoms with E-state index in [9.17, 15) is 5.11 Å². The second-order valence-electron chi connectivity index (χ2n) is 5.21. The van der Waals surface area contributed by atoms with Crippen LogP contribution in [0.4, 0.5) is 0 Å². The maximum absolute atomic E-state index is 10.00. The molecule has 1 heterocycles. The van der Waals surface area contributed by atoms with Gasteiger partial charge < -0.3 is 10.4 Å². The van der Waals surface area contributed by atoms with Gasteiger partial charge in [0.2, 0.25) is 0 Å². The van der Waals surface area contributed by atoms with Crippen LogP contribution < -0.4 is 5.32 Å². The Morgan fingerprint density at radius 1 is 1.14 bits per heavy atom. The molecule has 14 heavy (non-hydrogen) atoms. The maximum Gasteiger partial charge on any atom is 0.0583 e.